The van der Waals surface area contributed by atoms with Crippen LogP contribution in [0.3, 0.4) is 0 Å². The number of hydrogen-bond donors (Lipinski definition) is 1. The third kappa shape index (κ3) is 2.08. The van der Waals surface area contributed by atoms with Crippen LogP contribution in [-0.4, -0.2) is 23.2 Å². The Morgan fingerprint density at radius 1 is 1.32 bits per heavy atom. The maximum atomic E-state index is 11.7. The molecular weight excluding hydrogens is 264 g/mol. The molecule has 0 amide bonds. The van der Waals surface area contributed by atoms with E-state index in [9.17, 15) is 8.42 Å². The van der Waals surface area contributed by atoms with Crippen LogP contribution >= 0.6 is 0 Å². The number of nitrogens with zero attached hydrogens (tertiary/aromatic N) is 3. The van der Waals surface area contributed by atoms with Crippen LogP contribution in [0.4, 0.5) is 0 Å². The largest absolute Gasteiger partial charge is 0.297 e. The van der Waals surface area contributed by atoms with Crippen LogP contribution in [0.2, 0.25) is 0 Å². The minimum atomic E-state index is -3.79. The molecule has 0 radical (unpaired) electrons. The van der Waals surface area contributed by atoms with Gasteiger partial charge in [-0.2, -0.15) is 0 Å². The first-order chi connectivity index (χ1) is 8.98. The van der Waals surface area contributed by atoms with Gasteiger partial charge in [0.25, 0.3) is 15.2 Å². The van der Waals surface area contributed by atoms with E-state index in [1.807, 2.05) is 4.57 Å². The molecule has 6 nitrogen and oxygen atoms in total. The van der Waals surface area contributed by atoms with Crippen molar-refractivity contribution in [2.75, 3.05) is 0 Å². The third-order valence-corrected chi connectivity index (χ3v) is 5.33. The van der Waals surface area contributed by atoms with E-state index in [0.29, 0.717) is 0 Å². The van der Waals surface area contributed by atoms with Gasteiger partial charge in [0.2, 0.25) is 0 Å². The summed E-state index contributed by atoms with van der Waals surface area (Å²) in [5, 5.41) is 13.3. The van der Waals surface area contributed by atoms with Crippen LogP contribution in [0, 0.1) is 0 Å². The van der Waals surface area contributed by atoms with E-state index in [0.717, 1.165) is 37.9 Å². The minimum absolute atomic E-state index is 0.00146. The average molecular weight is 284 g/mol. The Kier molecular flexibility index (Phi) is 2.94. The summed E-state index contributed by atoms with van der Waals surface area (Å²) in [4.78, 5) is 0. The van der Waals surface area contributed by atoms with Crippen molar-refractivity contribution < 1.29 is 8.42 Å². The van der Waals surface area contributed by atoms with E-state index in [1.165, 1.54) is 12.8 Å². The molecule has 2 saturated carbocycles. The van der Waals surface area contributed by atoms with Gasteiger partial charge in [-0.15, -0.1) is 10.2 Å². The predicted octanol–water partition coefficient (Wildman–Crippen LogP) is 1.48. The molecule has 0 spiro atoms. The molecule has 2 aliphatic carbocycles. The van der Waals surface area contributed by atoms with Crippen molar-refractivity contribution in [3.8, 4) is 0 Å². The fourth-order valence-electron chi connectivity index (χ4n) is 3.28. The fraction of sp³-hybridized carbons (Fsp3) is 0.833. The summed E-state index contributed by atoms with van der Waals surface area (Å²) in [5.74, 6) is 0.846. The van der Waals surface area contributed by atoms with Gasteiger partial charge in [0.05, 0.1) is 0 Å². The van der Waals surface area contributed by atoms with E-state index in [-0.39, 0.29) is 16.6 Å². The summed E-state index contributed by atoms with van der Waals surface area (Å²) in [6, 6.07) is 0.224. The number of primary sulfonamides is 1. The van der Waals surface area contributed by atoms with Crippen LogP contribution in [-0.2, 0) is 15.4 Å². The Bertz CT molecular complexity index is 583. The lowest BCUT2D eigenvalue weighted by atomic mass is 9.82. The smallest absolute Gasteiger partial charge is 0.273 e. The summed E-state index contributed by atoms with van der Waals surface area (Å²) < 4.78 is 25.1. The Hall–Kier alpha value is -0.950. The van der Waals surface area contributed by atoms with E-state index >= 15 is 0 Å². The summed E-state index contributed by atoms with van der Waals surface area (Å²) in [6.45, 7) is 2.15. The van der Waals surface area contributed by atoms with Crippen LogP contribution in [0.25, 0.3) is 0 Å². The molecule has 2 aliphatic rings. The highest BCUT2D eigenvalue weighted by Gasteiger charge is 2.43. The maximum absolute atomic E-state index is 11.7. The predicted molar refractivity (Wildman–Crippen MR) is 70.1 cm³/mol. The van der Waals surface area contributed by atoms with Crippen molar-refractivity contribution in [3.05, 3.63) is 5.82 Å². The number of rotatable bonds is 4. The van der Waals surface area contributed by atoms with E-state index < -0.39 is 10.0 Å². The Balaban J connectivity index is 2.14. The lowest BCUT2D eigenvalue weighted by Crippen LogP contribution is -2.27. The molecule has 2 fully saturated rings. The van der Waals surface area contributed by atoms with Crippen LogP contribution in [0.15, 0.2) is 5.16 Å². The second kappa shape index (κ2) is 4.28. The Morgan fingerprint density at radius 3 is 2.42 bits per heavy atom. The first-order valence-corrected chi connectivity index (χ1v) is 8.51. The summed E-state index contributed by atoms with van der Waals surface area (Å²) in [5.41, 5.74) is -0.00146. The molecule has 2 N–H and O–H groups in total. The lowest BCUT2D eigenvalue weighted by Gasteiger charge is -2.27. The molecule has 0 atom stereocenters. The van der Waals surface area contributed by atoms with Gasteiger partial charge >= 0.3 is 0 Å². The molecule has 0 aliphatic heterocycles. The lowest BCUT2D eigenvalue weighted by molar-refractivity contribution is 0.373. The number of aromatic nitrogens is 3. The van der Waals surface area contributed by atoms with E-state index in [1.54, 1.807) is 0 Å². The van der Waals surface area contributed by atoms with Gasteiger partial charge in [0.1, 0.15) is 5.82 Å². The monoisotopic (exact) mass is 284 g/mol. The van der Waals surface area contributed by atoms with Gasteiger partial charge in [0.15, 0.2) is 0 Å². The molecule has 0 unspecified atom stereocenters. The van der Waals surface area contributed by atoms with Gasteiger partial charge in [-0.3, -0.25) is 4.57 Å². The molecule has 7 heteroatoms. The first-order valence-electron chi connectivity index (χ1n) is 6.96. The number of hydrogen-bond acceptors (Lipinski definition) is 4. The molecule has 0 saturated heterocycles. The van der Waals surface area contributed by atoms with Crippen LogP contribution in [0.1, 0.15) is 63.7 Å². The molecule has 1 heterocycles. The topological polar surface area (TPSA) is 90.9 Å². The van der Waals surface area contributed by atoms with E-state index in [4.69, 9.17) is 5.14 Å². The highest BCUT2D eigenvalue weighted by molar-refractivity contribution is 7.89. The molecule has 1 aromatic rings. The molecule has 0 bridgehead atoms. The SMILES string of the molecule is CCC1(c2nnc(S(N)(=O)=O)n2C2CC2)CCCC1. The second-order valence-corrected chi connectivity index (χ2v) is 7.25. The van der Waals surface area contributed by atoms with Gasteiger partial charge in [-0.1, -0.05) is 19.8 Å². The van der Waals surface area contributed by atoms with Crippen LogP contribution in [0.5, 0.6) is 0 Å². The minimum Gasteiger partial charge on any atom is -0.297 e. The van der Waals surface area contributed by atoms with Gasteiger partial charge in [-0.25, -0.2) is 13.6 Å². The second-order valence-electron chi connectivity index (χ2n) is 5.79. The third-order valence-electron chi connectivity index (χ3n) is 4.54. The zero-order valence-electron chi connectivity index (χ0n) is 11.2. The summed E-state index contributed by atoms with van der Waals surface area (Å²) in [7, 11) is -3.79. The van der Waals surface area contributed by atoms with Gasteiger partial charge < -0.3 is 0 Å². The molecule has 1 aromatic heterocycles. The normalized spacial score (nSPS) is 22.8. The number of sulfonamides is 1. The fourth-order valence-corrected chi connectivity index (χ4v) is 3.95. The van der Waals surface area contributed by atoms with Crippen molar-refractivity contribution in [3.63, 3.8) is 0 Å². The zero-order chi connectivity index (χ0) is 13.7. The van der Waals surface area contributed by atoms with E-state index in [2.05, 4.69) is 17.1 Å². The molecule has 19 heavy (non-hydrogen) atoms. The summed E-state index contributed by atoms with van der Waals surface area (Å²) in [6.07, 6.45) is 7.45. The van der Waals surface area contributed by atoms with Crippen LogP contribution < -0.4 is 5.14 Å². The van der Waals surface area contributed by atoms with Crippen molar-refractivity contribution in [2.24, 2.45) is 5.14 Å². The average Bonchev–Trinajstić information content (AvgIpc) is 2.92. The maximum Gasteiger partial charge on any atom is 0.273 e. The first kappa shape index (κ1) is 13.1. The molecule has 106 valence electrons. The molecule has 0 aromatic carbocycles. The van der Waals surface area contributed by atoms with Gasteiger partial charge in [0, 0.05) is 11.5 Å². The van der Waals surface area contributed by atoms with Gasteiger partial charge in [-0.05, 0) is 32.1 Å². The summed E-state index contributed by atoms with van der Waals surface area (Å²) >= 11 is 0. The highest BCUT2D eigenvalue weighted by Crippen LogP contribution is 2.47. The Morgan fingerprint density at radius 2 is 1.95 bits per heavy atom. The molecular formula is C12H20N4O2S. The quantitative estimate of drug-likeness (QED) is 0.906. The Labute approximate surface area is 113 Å². The zero-order valence-corrected chi connectivity index (χ0v) is 12.0. The van der Waals surface area contributed by atoms with Crippen molar-refractivity contribution in [1.82, 2.24) is 14.8 Å². The highest BCUT2D eigenvalue weighted by atomic mass is 32.2. The standard InChI is InChI=1S/C12H20N4O2S/c1-2-12(7-3-4-8-12)10-14-15-11(19(13,17)18)16(10)9-5-6-9/h9H,2-8H2,1H3,(H2,13,17,18). The number of nitrogens with two attached hydrogens (primary N) is 1. The van der Waals surface area contributed by atoms with Crippen molar-refractivity contribution in [1.29, 1.82) is 0 Å². The molecule has 3 rings (SSSR count). The van der Waals surface area contributed by atoms with Crippen molar-refractivity contribution >= 4 is 10.0 Å². The van der Waals surface area contributed by atoms with Crippen molar-refractivity contribution in [2.45, 2.75) is 68.5 Å².